The lowest BCUT2D eigenvalue weighted by Crippen LogP contribution is -2.30. The summed E-state index contributed by atoms with van der Waals surface area (Å²) < 4.78 is 1.98. The standard InChI is InChI=1S/C20H22N6O/c27-20(17-6-4-16(5-7-17)13-25-11-8-21-15-25)24-18-12-19(23-14-22-18)26-9-2-1-3-10-26/h4-8,11-12,14-15H,1-3,9-10,13H2,(H,22,23,24,27). The van der Waals surface area contributed by atoms with Gasteiger partial charge in [0, 0.05) is 43.7 Å². The van der Waals surface area contributed by atoms with Gasteiger partial charge in [0.05, 0.1) is 6.33 Å². The van der Waals surface area contributed by atoms with Gasteiger partial charge in [0.1, 0.15) is 18.0 Å². The Bertz CT molecular complexity index is 885. The molecular weight excluding hydrogens is 340 g/mol. The molecule has 0 spiro atoms. The van der Waals surface area contributed by atoms with Gasteiger partial charge in [-0.25, -0.2) is 15.0 Å². The van der Waals surface area contributed by atoms with E-state index in [2.05, 4.69) is 25.2 Å². The normalized spacial score (nSPS) is 14.1. The molecule has 1 aliphatic rings. The van der Waals surface area contributed by atoms with Crippen LogP contribution in [-0.4, -0.2) is 38.5 Å². The van der Waals surface area contributed by atoms with Crippen molar-refractivity contribution in [3.8, 4) is 0 Å². The molecule has 2 aromatic heterocycles. The molecule has 1 amide bonds. The first kappa shape index (κ1) is 17.2. The summed E-state index contributed by atoms with van der Waals surface area (Å²) in [4.78, 5) is 27.3. The predicted molar refractivity (Wildman–Crippen MR) is 104 cm³/mol. The summed E-state index contributed by atoms with van der Waals surface area (Å²) in [7, 11) is 0. The number of nitrogens with zero attached hydrogens (tertiary/aromatic N) is 5. The predicted octanol–water partition coefficient (Wildman–Crippen LogP) is 2.96. The average molecular weight is 362 g/mol. The fourth-order valence-electron chi connectivity index (χ4n) is 3.25. The van der Waals surface area contributed by atoms with Crippen LogP contribution in [0.25, 0.3) is 0 Å². The van der Waals surface area contributed by atoms with Crippen molar-refractivity contribution in [2.24, 2.45) is 0 Å². The third-order valence-electron chi connectivity index (χ3n) is 4.71. The molecule has 4 rings (SSSR count). The van der Waals surface area contributed by atoms with Gasteiger partial charge in [0.2, 0.25) is 0 Å². The number of carbonyl (C=O) groups excluding carboxylic acids is 1. The number of imidazole rings is 1. The van der Waals surface area contributed by atoms with Crippen molar-refractivity contribution < 1.29 is 4.79 Å². The Hall–Kier alpha value is -3.22. The lowest BCUT2D eigenvalue weighted by Gasteiger charge is -2.27. The summed E-state index contributed by atoms with van der Waals surface area (Å²) in [5.74, 6) is 1.22. The number of hydrogen-bond acceptors (Lipinski definition) is 5. The Morgan fingerprint density at radius 1 is 1.07 bits per heavy atom. The van der Waals surface area contributed by atoms with E-state index in [-0.39, 0.29) is 5.91 Å². The molecule has 1 saturated heterocycles. The molecule has 0 atom stereocenters. The molecule has 1 aromatic carbocycles. The third kappa shape index (κ3) is 4.31. The molecule has 0 bridgehead atoms. The monoisotopic (exact) mass is 362 g/mol. The van der Waals surface area contributed by atoms with E-state index in [1.165, 1.54) is 25.6 Å². The smallest absolute Gasteiger partial charge is 0.256 e. The second-order valence-corrected chi connectivity index (χ2v) is 6.70. The number of benzene rings is 1. The van der Waals surface area contributed by atoms with Crippen LogP contribution in [0.3, 0.4) is 0 Å². The van der Waals surface area contributed by atoms with Crippen molar-refractivity contribution in [3.63, 3.8) is 0 Å². The number of anilines is 2. The molecule has 1 N–H and O–H groups in total. The maximum atomic E-state index is 12.5. The second kappa shape index (κ2) is 7.99. The Balaban J connectivity index is 1.41. The van der Waals surface area contributed by atoms with Gasteiger partial charge in [-0.2, -0.15) is 0 Å². The number of nitrogens with one attached hydrogen (secondary N) is 1. The summed E-state index contributed by atoms with van der Waals surface area (Å²) in [6.45, 7) is 2.73. The van der Waals surface area contributed by atoms with Crippen LogP contribution in [0, 0.1) is 0 Å². The lowest BCUT2D eigenvalue weighted by molar-refractivity contribution is 0.102. The first-order valence-electron chi connectivity index (χ1n) is 9.21. The zero-order valence-corrected chi connectivity index (χ0v) is 15.1. The van der Waals surface area contributed by atoms with E-state index in [9.17, 15) is 4.79 Å². The van der Waals surface area contributed by atoms with Gasteiger partial charge >= 0.3 is 0 Å². The zero-order chi connectivity index (χ0) is 18.5. The number of aromatic nitrogens is 4. The van der Waals surface area contributed by atoms with E-state index < -0.39 is 0 Å². The van der Waals surface area contributed by atoms with Gasteiger partial charge in [0.15, 0.2) is 0 Å². The molecule has 27 heavy (non-hydrogen) atoms. The van der Waals surface area contributed by atoms with E-state index in [0.29, 0.717) is 11.4 Å². The fraction of sp³-hybridized carbons (Fsp3) is 0.300. The van der Waals surface area contributed by atoms with Gasteiger partial charge in [-0.1, -0.05) is 12.1 Å². The van der Waals surface area contributed by atoms with Crippen LogP contribution in [0.15, 0.2) is 55.4 Å². The highest BCUT2D eigenvalue weighted by atomic mass is 16.1. The molecule has 7 nitrogen and oxygen atoms in total. The number of rotatable bonds is 5. The molecule has 3 aromatic rings. The van der Waals surface area contributed by atoms with Crippen molar-refractivity contribution >= 4 is 17.5 Å². The fourth-order valence-corrected chi connectivity index (χ4v) is 3.25. The minimum Gasteiger partial charge on any atom is -0.356 e. The highest BCUT2D eigenvalue weighted by Crippen LogP contribution is 2.19. The summed E-state index contributed by atoms with van der Waals surface area (Å²) in [5, 5.41) is 2.87. The van der Waals surface area contributed by atoms with E-state index in [4.69, 9.17) is 0 Å². The molecule has 3 heterocycles. The van der Waals surface area contributed by atoms with Gasteiger partial charge in [0.25, 0.3) is 5.91 Å². The van der Waals surface area contributed by atoms with E-state index in [1.54, 1.807) is 12.5 Å². The molecule has 1 fully saturated rings. The van der Waals surface area contributed by atoms with Crippen LogP contribution >= 0.6 is 0 Å². The SMILES string of the molecule is O=C(Nc1cc(N2CCCCC2)ncn1)c1ccc(Cn2ccnc2)cc1. The van der Waals surface area contributed by atoms with Crippen molar-refractivity contribution in [2.75, 3.05) is 23.3 Å². The molecule has 0 radical (unpaired) electrons. The first-order chi connectivity index (χ1) is 13.3. The molecular formula is C20H22N6O. The van der Waals surface area contributed by atoms with E-state index in [0.717, 1.165) is 31.0 Å². The van der Waals surface area contributed by atoms with E-state index in [1.807, 2.05) is 41.1 Å². The molecule has 0 saturated carbocycles. The summed E-state index contributed by atoms with van der Waals surface area (Å²) >= 11 is 0. The summed E-state index contributed by atoms with van der Waals surface area (Å²) in [5.41, 5.74) is 1.71. The van der Waals surface area contributed by atoms with Crippen molar-refractivity contribution in [2.45, 2.75) is 25.8 Å². The minimum absolute atomic E-state index is 0.174. The molecule has 0 unspecified atom stereocenters. The maximum absolute atomic E-state index is 12.5. The number of carbonyl (C=O) groups is 1. The van der Waals surface area contributed by atoms with Crippen LogP contribution in [0.5, 0.6) is 0 Å². The summed E-state index contributed by atoms with van der Waals surface area (Å²) in [6.07, 6.45) is 10.6. The Morgan fingerprint density at radius 3 is 2.63 bits per heavy atom. The zero-order valence-electron chi connectivity index (χ0n) is 15.1. The first-order valence-corrected chi connectivity index (χ1v) is 9.21. The van der Waals surface area contributed by atoms with Crippen LogP contribution in [0.4, 0.5) is 11.6 Å². The van der Waals surface area contributed by atoms with Gasteiger partial charge in [-0.15, -0.1) is 0 Å². The molecule has 1 aliphatic heterocycles. The Kier molecular flexibility index (Phi) is 5.09. The lowest BCUT2D eigenvalue weighted by atomic mass is 10.1. The highest BCUT2D eigenvalue weighted by Gasteiger charge is 2.14. The highest BCUT2D eigenvalue weighted by molar-refractivity contribution is 6.03. The van der Waals surface area contributed by atoms with Crippen molar-refractivity contribution in [1.82, 2.24) is 19.5 Å². The Labute approximate surface area is 158 Å². The quantitative estimate of drug-likeness (QED) is 0.755. The van der Waals surface area contributed by atoms with Crippen LogP contribution in [-0.2, 0) is 6.54 Å². The van der Waals surface area contributed by atoms with Gasteiger partial charge in [-0.3, -0.25) is 4.79 Å². The van der Waals surface area contributed by atoms with Crippen LogP contribution < -0.4 is 10.2 Å². The number of hydrogen-bond donors (Lipinski definition) is 1. The van der Waals surface area contributed by atoms with Gasteiger partial charge < -0.3 is 14.8 Å². The van der Waals surface area contributed by atoms with Crippen LogP contribution in [0.2, 0.25) is 0 Å². The van der Waals surface area contributed by atoms with Crippen molar-refractivity contribution in [3.05, 3.63) is 66.5 Å². The molecule has 7 heteroatoms. The Morgan fingerprint density at radius 2 is 1.89 bits per heavy atom. The topological polar surface area (TPSA) is 75.9 Å². The third-order valence-corrected chi connectivity index (χ3v) is 4.71. The largest absolute Gasteiger partial charge is 0.356 e. The van der Waals surface area contributed by atoms with Crippen molar-refractivity contribution in [1.29, 1.82) is 0 Å². The summed E-state index contributed by atoms with van der Waals surface area (Å²) in [6, 6.07) is 9.40. The van der Waals surface area contributed by atoms with Crippen LogP contribution in [0.1, 0.15) is 35.2 Å². The minimum atomic E-state index is -0.174. The second-order valence-electron chi connectivity index (χ2n) is 6.70. The molecule has 138 valence electrons. The molecule has 0 aliphatic carbocycles. The average Bonchev–Trinajstić information content (AvgIpc) is 3.22. The maximum Gasteiger partial charge on any atom is 0.256 e. The number of piperidine rings is 1. The van der Waals surface area contributed by atoms with E-state index >= 15 is 0 Å². The number of amides is 1. The van der Waals surface area contributed by atoms with Gasteiger partial charge in [-0.05, 0) is 37.0 Å².